The molecule has 0 aromatic heterocycles. The maximum atomic E-state index is 14.6. The fraction of sp³-hybridized carbons (Fsp3) is 0.211. The molecule has 0 saturated carbocycles. The summed E-state index contributed by atoms with van der Waals surface area (Å²) in [6.07, 6.45) is 0. The highest BCUT2D eigenvalue weighted by atomic mass is 35.5. The maximum Gasteiger partial charge on any atom is 0.258 e. The van der Waals surface area contributed by atoms with Crippen LogP contribution in [0.1, 0.15) is 22.8 Å². The largest absolute Gasteiger partial charge is 0.369 e. The number of anilines is 1. The van der Waals surface area contributed by atoms with Gasteiger partial charge in [0.15, 0.2) is 0 Å². The van der Waals surface area contributed by atoms with Crippen molar-refractivity contribution < 1.29 is 17.8 Å². The lowest BCUT2D eigenvalue weighted by Crippen LogP contribution is -2.50. The van der Waals surface area contributed by atoms with E-state index in [0.717, 1.165) is 12.1 Å². The number of rotatable bonds is 3. The van der Waals surface area contributed by atoms with Gasteiger partial charge in [-0.3, -0.25) is 9.10 Å². The van der Waals surface area contributed by atoms with Gasteiger partial charge < -0.3 is 11.1 Å². The normalized spacial score (nSPS) is 24.2. The Morgan fingerprint density at radius 1 is 1.31 bits per heavy atom. The Bertz CT molecular complexity index is 1140. The molecule has 1 aliphatic rings. The molecule has 0 radical (unpaired) electrons. The summed E-state index contributed by atoms with van der Waals surface area (Å²) in [5.74, 6) is 1.46. The summed E-state index contributed by atoms with van der Waals surface area (Å²) < 4.78 is 42.6. The van der Waals surface area contributed by atoms with Crippen LogP contribution in [-0.2, 0) is 15.2 Å². The molecule has 0 bridgehead atoms. The van der Waals surface area contributed by atoms with Crippen molar-refractivity contribution in [1.82, 2.24) is 4.31 Å². The summed E-state index contributed by atoms with van der Waals surface area (Å²) in [5, 5.41) is 2.68. The fourth-order valence-electron chi connectivity index (χ4n) is 3.09. The molecule has 1 heterocycles. The van der Waals surface area contributed by atoms with Gasteiger partial charge in [0.1, 0.15) is 17.2 Å². The van der Waals surface area contributed by atoms with Gasteiger partial charge in [0.25, 0.3) is 5.91 Å². The number of guanidine groups is 1. The highest BCUT2D eigenvalue weighted by Gasteiger charge is 2.38. The SMILES string of the molecule is C=S1(=O)C[C@@](C)(c2cc(NC(=O)c3ccc(Cl)cc3F)ccc2F)N=C(N)N1C. The van der Waals surface area contributed by atoms with Crippen LogP contribution in [0.15, 0.2) is 41.4 Å². The summed E-state index contributed by atoms with van der Waals surface area (Å²) in [6.45, 7) is 1.58. The second-order valence-corrected chi connectivity index (χ2v) is 9.75. The average Bonchev–Trinajstić information content (AvgIpc) is 2.60. The minimum atomic E-state index is -2.81. The number of hydrogen-bond donors (Lipinski definition) is 2. The van der Waals surface area contributed by atoms with Gasteiger partial charge in [-0.15, -0.1) is 0 Å². The van der Waals surface area contributed by atoms with E-state index >= 15 is 0 Å². The van der Waals surface area contributed by atoms with Crippen LogP contribution < -0.4 is 11.1 Å². The van der Waals surface area contributed by atoms with Crippen LogP contribution in [-0.4, -0.2) is 39.1 Å². The molecule has 1 unspecified atom stereocenters. The smallest absolute Gasteiger partial charge is 0.258 e. The van der Waals surface area contributed by atoms with Crippen molar-refractivity contribution in [1.29, 1.82) is 0 Å². The zero-order valence-electron chi connectivity index (χ0n) is 15.7. The van der Waals surface area contributed by atoms with Crippen molar-refractivity contribution in [2.45, 2.75) is 12.5 Å². The predicted octanol–water partition coefficient (Wildman–Crippen LogP) is 2.98. The molecule has 3 rings (SSSR count). The third kappa shape index (κ3) is 4.06. The van der Waals surface area contributed by atoms with Gasteiger partial charge in [-0.05, 0) is 49.2 Å². The molecule has 2 aromatic carbocycles. The number of aliphatic imine (C=N–C) groups is 1. The van der Waals surface area contributed by atoms with Crippen LogP contribution >= 0.6 is 11.6 Å². The van der Waals surface area contributed by atoms with E-state index in [1.165, 1.54) is 35.6 Å². The molecule has 0 spiro atoms. The summed E-state index contributed by atoms with van der Waals surface area (Å²) in [4.78, 5) is 16.7. The van der Waals surface area contributed by atoms with Gasteiger partial charge in [-0.1, -0.05) is 11.6 Å². The Morgan fingerprint density at radius 3 is 2.62 bits per heavy atom. The Kier molecular flexibility index (Phi) is 5.31. The number of nitrogens with zero attached hydrogens (tertiary/aromatic N) is 2. The van der Waals surface area contributed by atoms with E-state index in [1.54, 1.807) is 6.92 Å². The van der Waals surface area contributed by atoms with Gasteiger partial charge >= 0.3 is 0 Å². The van der Waals surface area contributed by atoms with E-state index in [2.05, 4.69) is 16.2 Å². The third-order valence-electron chi connectivity index (χ3n) is 4.67. The lowest BCUT2D eigenvalue weighted by atomic mass is 9.93. The monoisotopic (exact) mass is 440 g/mol. The highest BCUT2D eigenvalue weighted by molar-refractivity contribution is 7.98. The zero-order valence-corrected chi connectivity index (χ0v) is 17.3. The topological polar surface area (TPSA) is 87.8 Å². The molecule has 2 atom stereocenters. The number of amides is 1. The van der Waals surface area contributed by atoms with E-state index in [0.29, 0.717) is 0 Å². The van der Waals surface area contributed by atoms with Crippen LogP contribution in [0.25, 0.3) is 0 Å². The van der Waals surface area contributed by atoms with Crippen molar-refractivity contribution in [3.8, 4) is 0 Å². The minimum Gasteiger partial charge on any atom is -0.369 e. The molecular weight excluding hydrogens is 422 g/mol. The molecule has 1 amide bonds. The molecule has 2 aromatic rings. The van der Waals surface area contributed by atoms with Gasteiger partial charge in [-0.25, -0.2) is 18.0 Å². The van der Waals surface area contributed by atoms with Gasteiger partial charge in [0.05, 0.1) is 21.0 Å². The first-order valence-electron chi connectivity index (χ1n) is 8.43. The van der Waals surface area contributed by atoms with Crippen LogP contribution in [0.3, 0.4) is 0 Å². The van der Waals surface area contributed by atoms with Crippen molar-refractivity contribution in [3.05, 3.63) is 64.2 Å². The number of carbonyl (C=O) groups excluding carboxylic acids is 1. The Hall–Kier alpha value is -2.65. The van der Waals surface area contributed by atoms with Crippen LogP contribution in [0.5, 0.6) is 0 Å². The first-order valence-corrected chi connectivity index (χ1v) is 10.7. The van der Waals surface area contributed by atoms with Crippen LogP contribution in [0.2, 0.25) is 5.02 Å². The molecule has 154 valence electrons. The molecular formula is C19H19ClF2N4O2S. The standard InChI is InChI=1S/C19H19ClF2N4O2S/c1-19(10-29(3,28)26(2)18(23)25-19)14-9-12(5-7-15(14)21)24-17(27)13-6-4-11(20)8-16(13)22/h4-9H,3,10H2,1-2H3,(H2,23,25)(H,24,27)/t19-,29?/m0/s1. The third-order valence-corrected chi connectivity index (χ3v) is 7.10. The second-order valence-electron chi connectivity index (χ2n) is 6.93. The first-order chi connectivity index (χ1) is 13.4. The van der Waals surface area contributed by atoms with Crippen LogP contribution in [0, 0.1) is 11.6 Å². The van der Waals surface area contributed by atoms with Crippen molar-refractivity contribution in [2.24, 2.45) is 10.7 Å². The molecule has 0 saturated heterocycles. The van der Waals surface area contributed by atoms with Crippen molar-refractivity contribution in [3.63, 3.8) is 0 Å². The summed E-state index contributed by atoms with van der Waals surface area (Å²) in [6, 6.07) is 7.49. The number of benzene rings is 2. The Labute approximate surface area is 172 Å². The van der Waals surface area contributed by atoms with Gasteiger partial charge in [-0.2, -0.15) is 0 Å². The fourth-order valence-corrected chi connectivity index (χ4v) is 4.92. The second kappa shape index (κ2) is 7.31. The molecule has 29 heavy (non-hydrogen) atoms. The Morgan fingerprint density at radius 2 is 2.00 bits per heavy atom. The zero-order chi connectivity index (χ0) is 21.6. The minimum absolute atomic E-state index is 0.0316. The maximum absolute atomic E-state index is 14.6. The lowest BCUT2D eigenvalue weighted by Gasteiger charge is -2.37. The molecule has 6 nitrogen and oxygen atoms in total. The van der Waals surface area contributed by atoms with E-state index in [1.807, 2.05) is 0 Å². The highest BCUT2D eigenvalue weighted by Crippen LogP contribution is 2.34. The molecule has 1 aliphatic heterocycles. The van der Waals surface area contributed by atoms with Crippen LogP contribution in [0.4, 0.5) is 14.5 Å². The van der Waals surface area contributed by atoms with Crippen molar-refractivity contribution >= 4 is 44.7 Å². The van der Waals surface area contributed by atoms with E-state index in [9.17, 15) is 17.8 Å². The average molecular weight is 441 g/mol. The summed E-state index contributed by atoms with van der Waals surface area (Å²) in [5.41, 5.74) is 4.68. The number of carbonyl (C=O) groups is 1. The Balaban J connectivity index is 1.98. The number of halogens is 3. The molecule has 3 N–H and O–H groups in total. The lowest BCUT2D eigenvalue weighted by molar-refractivity contribution is 0.102. The van der Waals surface area contributed by atoms with E-state index in [4.69, 9.17) is 17.3 Å². The van der Waals surface area contributed by atoms with Crippen molar-refractivity contribution in [2.75, 3.05) is 18.1 Å². The molecule has 0 fully saturated rings. The summed E-state index contributed by atoms with van der Waals surface area (Å²) >= 11 is 5.70. The summed E-state index contributed by atoms with van der Waals surface area (Å²) in [7, 11) is -1.31. The quantitative estimate of drug-likeness (QED) is 0.719. The van der Waals surface area contributed by atoms with E-state index < -0.39 is 32.8 Å². The predicted molar refractivity (Wildman–Crippen MR) is 113 cm³/mol. The van der Waals surface area contributed by atoms with E-state index in [-0.39, 0.29) is 33.5 Å². The number of hydrogen-bond acceptors (Lipinski definition) is 4. The first kappa shape index (κ1) is 21.1. The number of nitrogens with one attached hydrogen (secondary N) is 1. The molecule has 10 heteroatoms. The number of nitrogens with two attached hydrogens (primary N) is 1. The van der Waals surface area contributed by atoms with Gasteiger partial charge in [0.2, 0.25) is 5.96 Å². The molecule has 0 aliphatic carbocycles. The van der Waals surface area contributed by atoms with Gasteiger partial charge in [0, 0.05) is 23.3 Å².